The van der Waals surface area contributed by atoms with Crippen molar-refractivity contribution in [2.75, 3.05) is 11.1 Å². The normalized spacial score (nSPS) is 10.6. The average molecular weight is 321 g/mol. The molecule has 1 aromatic heterocycles. The van der Waals surface area contributed by atoms with Gasteiger partial charge < -0.3 is 0 Å². The molecular formula is C15H19N3OS2. The topological polar surface area (TPSA) is 54.9 Å². The summed E-state index contributed by atoms with van der Waals surface area (Å²) in [6.45, 7) is 4.25. The summed E-state index contributed by atoms with van der Waals surface area (Å²) in [5.74, 6) is 0.899. The third kappa shape index (κ3) is 4.82. The smallest absolute Gasteiger partial charge is 0.257 e. The minimum atomic E-state index is -0.140. The van der Waals surface area contributed by atoms with Crippen molar-refractivity contribution < 1.29 is 4.79 Å². The highest BCUT2D eigenvalue weighted by atomic mass is 32.2. The summed E-state index contributed by atoms with van der Waals surface area (Å²) in [5.41, 5.74) is 1.86. The van der Waals surface area contributed by atoms with E-state index in [-0.39, 0.29) is 5.91 Å². The predicted octanol–water partition coefficient (Wildman–Crippen LogP) is 4.25. The summed E-state index contributed by atoms with van der Waals surface area (Å²) < 4.78 is 0.903. The number of unbranched alkanes of at least 4 members (excludes halogenated alkanes) is 1. The molecule has 0 aliphatic carbocycles. The van der Waals surface area contributed by atoms with Crippen LogP contribution in [0.15, 0.2) is 28.6 Å². The van der Waals surface area contributed by atoms with Gasteiger partial charge in [0, 0.05) is 11.3 Å². The highest BCUT2D eigenvalue weighted by Gasteiger charge is 2.10. The minimum Gasteiger partial charge on any atom is -0.296 e. The number of carbonyl (C=O) groups excluding carboxylic acids is 1. The molecule has 6 heteroatoms. The quantitative estimate of drug-likeness (QED) is 0.471. The molecule has 1 aromatic carbocycles. The molecule has 2 aromatic rings. The number of anilines is 1. The monoisotopic (exact) mass is 321 g/mol. The van der Waals surface area contributed by atoms with Crippen molar-refractivity contribution in [3.63, 3.8) is 0 Å². The van der Waals surface area contributed by atoms with Gasteiger partial charge in [-0.3, -0.25) is 10.1 Å². The van der Waals surface area contributed by atoms with Gasteiger partial charge in [-0.2, -0.15) is 0 Å². The van der Waals surface area contributed by atoms with Crippen molar-refractivity contribution in [3.8, 4) is 0 Å². The zero-order chi connectivity index (χ0) is 15.1. The molecule has 112 valence electrons. The lowest BCUT2D eigenvalue weighted by atomic mass is 10.1. The maximum atomic E-state index is 12.1. The molecule has 0 fully saturated rings. The van der Waals surface area contributed by atoms with Crippen molar-refractivity contribution in [3.05, 3.63) is 35.4 Å². The van der Waals surface area contributed by atoms with Gasteiger partial charge in [-0.15, -0.1) is 10.2 Å². The van der Waals surface area contributed by atoms with Gasteiger partial charge in [-0.1, -0.05) is 55.5 Å². The van der Waals surface area contributed by atoms with Gasteiger partial charge in [0.1, 0.15) is 0 Å². The number of rotatable bonds is 7. The van der Waals surface area contributed by atoms with Crippen LogP contribution in [0.2, 0.25) is 0 Å². The number of aromatic nitrogens is 2. The third-order valence-corrected chi connectivity index (χ3v) is 5.03. The molecule has 0 aliphatic rings. The number of hydrogen-bond acceptors (Lipinski definition) is 5. The highest BCUT2D eigenvalue weighted by Crippen LogP contribution is 2.26. The minimum absolute atomic E-state index is 0.140. The first-order chi connectivity index (χ1) is 10.2. The summed E-state index contributed by atoms with van der Waals surface area (Å²) in [7, 11) is 0. The van der Waals surface area contributed by atoms with Gasteiger partial charge in [0.2, 0.25) is 5.13 Å². The van der Waals surface area contributed by atoms with Crippen LogP contribution in [0.1, 0.15) is 42.6 Å². The number of benzene rings is 1. The van der Waals surface area contributed by atoms with Crippen molar-refractivity contribution in [1.82, 2.24) is 10.2 Å². The van der Waals surface area contributed by atoms with E-state index in [1.54, 1.807) is 11.8 Å². The van der Waals surface area contributed by atoms with E-state index >= 15 is 0 Å². The lowest BCUT2D eigenvalue weighted by molar-refractivity contribution is 0.102. The van der Waals surface area contributed by atoms with Crippen molar-refractivity contribution in [1.29, 1.82) is 0 Å². The van der Waals surface area contributed by atoms with Crippen LogP contribution in [-0.2, 0) is 6.42 Å². The fourth-order valence-electron chi connectivity index (χ4n) is 1.68. The Kier molecular flexibility index (Phi) is 6.20. The number of carbonyl (C=O) groups is 1. The van der Waals surface area contributed by atoms with Gasteiger partial charge in [0.25, 0.3) is 5.91 Å². The van der Waals surface area contributed by atoms with Crippen molar-refractivity contribution in [2.24, 2.45) is 0 Å². The van der Waals surface area contributed by atoms with Crippen LogP contribution in [0.3, 0.4) is 0 Å². The summed E-state index contributed by atoms with van der Waals surface area (Å²) in [5, 5.41) is 11.4. The molecule has 1 heterocycles. The van der Waals surface area contributed by atoms with Gasteiger partial charge in [-0.05, 0) is 30.5 Å². The zero-order valence-electron chi connectivity index (χ0n) is 12.3. The maximum Gasteiger partial charge on any atom is 0.257 e. The molecular weight excluding hydrogens is 302 g/mol. The molecule has 0 bridgehead atoms. The Labute approximate surface area is 133 Å². The van der Waals surface area contributed by atoms with Gasteiger partial charge in [-0.25, -0.2) is 0 Å². The molecule has 0 spiro atoms. The molecule has 1 N–H and O–H groups in total. The molecule has 4 nitrogen and oxygen atoms in total. The van der Waals surface area contributed by atoms with Crippen LogP contribution < -0.4 is 5.32 Å². The summed E-state index contributed by atoms with van der Waals surface area (Å²) >= 11 is 3.11. The Morgan fingerprint density at radius 3 is 2.67 bits per heavy atom. The van der Waals surface area contributed by atoms with E-state index in [0.717, 1.165) is 22.9 Å². The maximum absolute atomic E-state index is 12.1. The highest BCUT2D eigenvalue weighted by molar-refractivity contribution is 8.01. The molecule has 0 unspecified atom stereocenters. The zero-order valence-corrected chi connectivity index (χ0v) is 13.9. The van der Waals surface area contributed by atoms with Crippen LogP contribution in [0.4, 0.5) is 5.13 Å². The van der Waals surface area contributed by atoms with E-state index in [9.17, 15) is 4.79 Å². The second-order valence-corrected chi connectivity index (χ2v) is 6.90. The Morgan fingerprint density at radius 2 is 2.00 bits per heavy atom. The third-order valence-electron chi connectivity index (χ3n) is 2.97. The first-order valence-corrected chi connectivity index (χ1v) is 8.89. The van der Waals surface area contributed by atoms with Crippen molar-refractivity contribution in [2.45, 2.75) is 37.4 Å². The Hall–Kier alpha value is -1.40. The largest absolute Gasteiger partial charge is 0.296 e. The average Bonchev–Trinajstić information content (AvgIpc) is 2.95. The number of thioether (sulfide) groups is 1. The number of hydrogen-bond donors (Lipinski definition) is 1. The molecule has 0 saturated carbocycles. The van der Waals surface area contributed by atoms with E-state index in [4.69, 9.17) is 0 Å². The van der Waals surface area contributed by atoms with Crippen LogP contribution in [0.25, 0.3) is 0 Å². The summed E-state index contributed by atoms with van der Waals surface area (Å²) in [6.07, 6.45) is 3.30. The second kappa shape index (κ2) is 8.14. The summed E-state index contributed by atoms with van der Waals surface area (Å²) in [4.78, 5) is 12.1. The van der Waals surface area contributed by atoms with Crippen LogP contribution in [0, 0.1) is 0 Å². The van der Waals surface area contributed by atoms with E-state index < -0.39 is 0 Å². The fourth-order valence-corrected chi connectivity index (χ4v) is 3.58. The molecule has 1 amide bonds. The Balaban J connectivity index is 1.92. The van der Waals surface area contributed by atoms with E-state index in [1.807, 2.05) is 24.3 Å². The fraction of sp³-hybridized carbons (Fsp3) is 0.400. The number of nitrogens with zero attached hydrogens (tertiary/aromatic N) is 2. The number of amides is 1. The number of aryl methyl sites for hydroxylation is 1. The van der Waals surface area contributed by atoms with Crippen LogP contribution in [0.5, 0.6) is 0 Å². The van der Waals surface area contributed by atoms with E-state index in [1.165, 1.54) is 23.3 Å². The van der Waals surface area contributed by atoms with Crippen LogP contribution in [-0.4, -0.2) is 21.9 Å². The van der Waals surface area contributed by atoms with Crippen LogP contribution >= 0.6 is 23.1 Å². The lowest BCUT2D eigenvalue weighted by Crippen LogP contribution is -2.11. The predicted molar refractivity (Wildman–Crippen MR) is 89.3 cm³/mol. The standard InChI is InChI=1S/C15H19N3OS2/c1-3-5-10-20-15-18-17-14(21-15)16-13(19)12-8-6-11(4-2)7-9-12/h6-9H,3-5,10H2,1-2H3,(H,16,17,19). The molecule has 0 atom stereocenters. The molecule has 0 aliphatic heterocycles. The molecule has 0 saturated heterocycles. The van der Waals surface area contributed by atoms with Gasteiger partial charge in [0.05, 0.1) is 0 Å². The van der Waals surface area contributed by atoms with Gasteiger partial charge >= 0.3 is 0 Å². The first-order valence-electron chi connectivity index (χ1n) is 7.09. The molecule has 2 rings (SSSR count). The molecule has 21 heavy (non-hydrogen) atoms. The summed E-state index contributed by atoms with van der Waals surface area (Å²) in [6, 6.07) is 7.63. The first kappa shape index (κ1) is 16.0. The number of nitrogens with one attached hydrogen (secondary N) is 1. The van der Waals surface area contributed by atoms with E-state index in [0.29, 0.717) is 10.7 Å². The Bertz CT molecular complexity index is 581. The second-order valence-electron chi connectivity index (χ2n) is 4.58. The lowest BCUT2D eigenvalue weighted by Gasteiger charge is -2.02. The van der Waals surface area contributed by atoms with Crippen molar-refractivity contribution >= 4 is 34.1 Å². The van der Waals surface area contributed by atoms with E-state index in [2.05, 4.69) is 29.4 Å². The SMILES string of the molecule is CCCCSc1nnc(NC(=O)c2ccc(CC)cc2)s1. The van der Waals surface area contributed by atoms with Gasteiger partial charge in [0.15, 0.2) is 4.34 Å². The Morgan fingerprint density at radius 1 is 1.24 bits per heavy atom. The molecule has 0 radical (unpaired) electrons.